The summed E-state index contributed by atoms with van der Waals surface area (Å²) in [5.74, 6) is -0.334. The van der Waals surface area contributed by atoms with Gasteiger partial charge < -0.3 is 10.2 Å². The van der Waals surface area contributed by atoms with Crippen molar-refractivity contribution in [2.75, 3.05) is 32.7 Å². The van der Waals surface area contributed by atoms with Gasteiger partial charge >= 0.3 is 0 Å². The molecule has 1 heterocycles. The van der Waals surface area contributed by atoms with Crippen molar-refractivity contribution in [3.8, 4) is 0 Å². The first-order valence-corrected chi connectivity index (χ1v) is 9.14. The second-order valence-corrected chi connectivity index (χ2v) is 6.78. The van der Waals surface area contributed by atoms with Crippen molar-refractivity contribution in [2.45, 2.75) is 13.0 Å². The number of piperazine rings is 1. The average molecular weight is 369 g/mol. The molecule has 1 N–H and O–H groups in total. The first-order valence-electron chi connectivity index (χ1n) is 9.14. The van der Waals surface area contributed by atoms with Crippen LogP contribution in [0.25, 0.3) is 0 Å². The number of hydrogen-bond acceptors (Lipinski definition) is 3. The average Bonchev–Trinajstić information content (AvgIpc) is 2.69. The van der Waals surface area contributed by atoms with Crippen molar-refractivity contribution in [3.63, 3.8) is 0 Å². The van der Waals surface area contributed by atoms with E-state index in [0.29, 0.717) is 38.3 Å². The fourth-order valence-corrected chi connectivity index (χ4v) is 3.20. The lowest BCUT2D eigenvalue weighted by Gasteiger charge is -2.34. The third kappa shape index (κ3) is 5.14. The molecule has 142 valence electrons. The Morgan fingerprint density at radius 3 is 2.26 bits per heavy atom. The second kappa shape index (κ2) is 8.77. The van der Waals surface area contributed by atoms with Gasteiger partial charge in [-0.25, -0.2) is 4.39 Å². The number of halogens is 1. The van der Waals surface area contributed by atoms with E-state index < -0.39 is 0 Å². The molecule has 0 aromatic heterocycles. The Balaban J connectivity index is 1.45. The van der Waals surface area contributed by atoms with Crippen molar-refractivity contribution >= 4 is 11.8 Å². The van der Waals surface area contributed by atoms with E-state index in [1.54, 1.807) is 12.1 Å². The monoisotopic (exact) mass is 369 g/mol. The van der Waals surface area contributed by atoms with Gasteiger partial charge in [-0.05, 0) is 36.8 Å². The molecule has 1 fully saturated rings. The number of hydrogen-bond donors (Lipinski definition) is 1. The molecule has 0 saturated carbocycles. The van der Waals surface area contributed by atoms with Crippen molar-refractivity contribution in [1.29, 1.82) is 0 Å². The van der Waals surface area contributed by atoms with Crippen LogP contribution in [0.15, 0.2) is 54.6 Å². The zero-order valence-corrected chi connectivity index (χ0v) is 15.4. The van der Waals surface area contributed by atoms with E-state index in [2.05, 4.69) is 5.32 Å². The van der Waals surface area contributed by atoms with Gasteiger partial charge in [-0.2, -0.15) is 0 Å². The second-order valence-electron chi connectivity index (χ2n) is 6.78. The first kappa shape index (κ1) is 19.0. The minimum Gasteiger partial charge on any atom is -0.348 e. The van der Waals surface area contributed by atoms with Crippen molar-refractivity contribution in [1.82, 2.24) is 15.1 Å². The highest BCUT2D eigenvalue weighted by Crippen LogP contribution is 2.13. The zero-order valence-electron chi connectivity index (χ0n) is 15.4. The fraction of sp³-hybridized carbons (Fsp3) is 0.333. The maximum Gasteiger partial charge on any atom is 0.253 e. The van der Waals surface area contributed by atoms with Gasteiger partial charge in [0.1, 0.15) is 5.82 Å². The van der Waals surface area contributed by atoms with Crippen molar-refractivity contribution in [3.05, 3.63) is 71.5 Å². The smallest absolute Gasteiger partial charge is 0.253 e. The Kier molecular flexibility index (Phi) is 6.19. The molecule has 0 aliphatic carbocycles. The van der Waals surface area contributed by atoms with Gasteiger partial charge in [0.25, 0.3) is 5.91 Å². The van der Waals surface area contributed by atoms with Crippen LogP contribution in [0, 0.1) is 5.82 Å². The first-order chi connectivity index (χ1) is 13.0. The van der Waals surface area contributed by atoms with Crippen LogP contribution in [0.1, 0.15) is 28.9 Å². The molecule has 1 aliphatic rings. The van der Waals surface area contributed by atoms with Crippen LogP contribution in [-0.2, 0) is 4.79 Å². The largest absolute Gasteiger partial charge is 0.348 e. The molecule has 0 radical (unpaired) electrons. The normalized spacial score (nSPS) is 16.0. The SMILES string of the molecule is CC(NC(=O)CN1CCN(C(=O)c2ccccc2)CC1)c1ccc(F)cc1. The Morgan fingerprint density at radius 1 is 1.00 bits per heavy atom. The Morgan fingerprint density at radius 2 is 1.63 bits per heavy atom. The number of rotatable bonds is 5. The molecule has 1 saturated heterocycles. The van der Waals surface area contributed by atoms with Gasteiger partial charge in [-0.1, -0.05) is 30.3 Å². The molecule has 0 spiro atoms. The van der Waals surface area contributed by atoms with Crippen LogP contribution in [0.4, 0.5) is 4.39 Å². The molecule has 2 aromatic carbocycles. The lowest BCUT2D eigenvalue weighted by Crippen LogP contribution is -2.51. The number of nitrogens with zero attached hydrogens (tertiary/aromatic N) is 2. The molecule has 6 heteroatoms. The Hall–Kier alpha value is -2.73. The lowest BCUT2D eigenvalue weighted by molar-refractivity contribution is -0.123. The molecule has 1 atom stereocenters. The van der Waals surface area contributed by atoms with Gasteiger partial charge in [0.05, 0.1) is 12.6 Å². The van der Waals surface area contributed by atoms with Crippen molar-refractivity contribution < 1.29 is 14.0 Å². The summed E-state index contributed by atoms with van der Waals surface area (Å²) in [5.41, 5.74) is 1.56. The number of nitrogens with one attached hydrogen (secondary N) is 1. The topological polar surface area (TPSA) is 52.7 Å². The Bertz CT molecular complexity index is 772. The van der Waals surface area contributed by atoms with Gasteiger partial charge in [0.15, 0.2) is 0 Å². The standard InChI is InChI=1S/C21H24FN3O2/c1-16(17-7-9-19(22)10-8-17)23-20(26)15-24-11-13-25(14-12-24)21(27)18-5-3-2-4-6-18/h2-10,16H,11-15H2,1H3,(H,23,26). The summed E-state index contributed by atoms with van der Waals surface area (Å²) in [4.78, 5) is 28.6. The van der Waals surface area contributed by atoms with Crippen LogP contribution >= 0.6 is 0 Å². The Labute approximate surface area is 158 Å². The molecular weight excluding hydrogens is 345 g/mol. The molecule has 27 heavy (non-hydrogen) atoms. The molecule has 1 aliphatic heterocycles. The summed E-state index contributed by atoms with van der Waals surface area (Å²) in [5, 5.41) is 2.94. The van der Waals surface area contributed by atoms with E-state index in [1.807, 2.05) is 47.1 Å². The number of carbonyl (C=O) groups excluding carboxylic acids is 2. The van der Waals surface area contributed by atoms with Crippen LogP contribution in [-0.4, -0.2) is 54.3 Å². The molecule has 0 bridgehead atoms. The summed E-state index contributed by atoms with van der Waals surface area (Å²) in [6.07, 6.45) is 0. The summed E-state index contributed by atoms with van der Waals surface area (Å²) >= 11 is 0. The van der Waals surface area contributed by atoms with E-state index in [4.69, 9.17) is 0 Å². The van der Waals surface area contributed by atoms with Gasteiger partial charge in [0.2, 0.25) is 5.91 Å². The highest BCUT2D eigenvalue weighted by molar-refractivity contribution is 5.94. The predicted octanol–water partition coefficient (Wildman–Crippen LogP) is 2.46. The van der Waals surface area contributed by atoms with E-state index in [1.165, 1.54) is 12.1 Å². The van der Waals surface area contributed by atoms with Gasteiger partial charge in [-0.15, -0.1) is 0 Å². The minimum absolute atomic E-state index is 0.0321. The van der Waals surface area contributed by atoms with Crippen LogP contribution in [0.5, 0.6) is 0 Å². The number of amides is 2. The third-order valence-electron chi connectivity index (χ3n) is 4.79. The lowest BCUT2D eigenvalue weighted by atomic mass is 10.1. The maximum atomic E-state index is 13.0. The number of carbonyl (C=O) groups is 2. The number of benzene rings is 2. The highest BCUT2D eigenvalue weighted by Gasteiger charge is 2.23. The summed E-state index contributed by atoms with van der Waals surface area (Å²) in [6.45, 7) is 4.71. The van der Waals surface area contributed by atoms with E-state index in [9.17, 15) is 14.0 Å². The highest BCUT2D eigenvalue weighted by atomic mass is 19.1. The molecule has 3 rings (SSSR count). The zero-order chi connectivity index (χ0) is 19.2. The maximum absolute atomic E-state index is 13.0. The quantitative estimate of drug-likeness (QED) is 0.881. The van der Waals surface area contributed by atoms with Gasteiger partial charge in [0, 0.05) is 31.7 Å². The summed E-state index contributed by atoms with van der Waals surface area (Å²) in [7, 11) is 0. The van der Waals surface area contributed by atoms with Crippen molar-refractivity contribution in [2.24, 2.45) is 0 Å². The van der Waals surface area contributed by atoms with E-state index in [-0.39, 0.29) is 23.7 Å². The molecule has 2 amide bonds. The van der Waals surface area contributed by atoms with E-state index in [0.717, 1.165) is 5.56 Å². The molecule has 2 aromatic rings. The van der Waals surface area contributed by atoms with Crippen LogP contribution in [0.3, 0.4) is 0 Å². The molecule has 5 nitrogen and oxygen atoms in total. The summed E-state index contributed by atoms with van der Waals surface area (Å²) in [6, 6.07) is 15.2. The minimum atomic E-state index is -0.291. The van der Waals surface area contributed by atoms with E-state index >= 15 is 0 Å². The van der Waals surface area contributed by atoms with Crippen LogP contribution in [0.2, 0.25) is 0 Å². The summed E-state index contributed by atoms with van der Waals surface area (Å²) < 4.78 is 13.0. The van der Waals surface area contributed by atoms with Gasteiger partial charge in [-0.3, -0.25) is 14.5 Å². The predicted molar refractivity (Wildman–Crippen MR) is 102 cm³/mol. The van der Waals surface area contributed by atoms with Crippen LogP contribution < -0.4 is 5.32 Å². The fourth-order valence-electron chi connectivity index (χ4n) is 3.20. The molecular formula is C21H24FN3O2. The molecule has 1 unspecified atom stereocenters. The third-order valence-corrected chi connectivity index (χ3v) is 4.79.